The topological polar surface area (TPSA) is 75.5 Å². The van der Waals surface area contributed by atoms with E-state index in [-0.39, 0.29) is 17.2 Å². The second-order valence-corrected chi connectivity index (χ2v) is 5.06. The van der Waals surface area contributed by atoms with Gasteiger partial charge >= 0.3 is 0 Å². The Morgan fingerprint density at radius 3 is 2.68 bits per heavy atom. The fourth-order valence-corrected chi connectivity index (χ4v) is 2.45. The van der Waals surface area contributed by atoms with Gasteiger partial charge in [0, 0.05) is 37.1 Å². The van der Waals surface area contributed by atoms with Crippen LogP contribution in [0.2, 0.25) is 0 Å². The molecule has 1 fully saturated rings. The number of benzene rings is 1. The van der Waals surface area contributed by atoms with Gasteiger partial charge in [0.1, 0.15) is 5.56 Å². The van der Waals surface area contributed by atoms with E-state index in [1.165, 1.54) is 17.8 Å². The van der Waals surface area contributed by atoms with Crippen molar-refractivity contribution in [3.05, 3.63) is 33.9 Å². The number of hydrogen-bond acceptors (Lipinski definition) is 5. The molecule has 1 aromatic rings. The molecule has 1 aliphatic rings. The number of amides is 1. The summed E-state index contributed by atoms with van der Waals surface area (Å²) in [7, 11) is 0. The van der Waals surface area contributed by atoms with E-state index < -0.39 is 4.92 Å². The number of carbonyl (C=O) groups is 1. The summed E-state index contributed by atoms with van der Waals surface area (Å²) in [6.07, 6.45) is 1.88. The zero-order chi connectivity index (χ0) is 13.8. The third-order valence-corrected chi connectivity index (χ3v) is 3.76. The van der Waals surface area contributed by atoms with Crippen LogP contribution in [-0.2, 0) is 0 Å². The van der Waals surface area contributed by atoms with Crippen molar-refractivity contribution in [1.82, 2.24) is 10.2 Å². The third-order valence-electron chi connectivity index (χ3n) is 3.04. The zero-order valence-electron chi connectivity index (χ0n) is 10.6. The molecule has 2 rings (SSSR count). The van der Waals surface area contributed by atoms with Crippen LogP contribution in [0.4, 0.5) is 5.69 Å². The molecule has 0 atom stereocenters. The summed E-state index contributed by atoms with van der Waals surface area (Å²) in [6.45, 7) is 2.61. The van der Waals surface area contributed by atoms with Crippen LogP contribution in [0.25, 0.3) is 0 Å². The van der Waals surface area contributed by atoms with Gasteiger partial charge in [-0.05, 0) is 18.4 Å². The monoisotopic (exact) mass is 281 g/mol. The Bertz CT molecular complexity index is 501. The van der Waals surface area contributed by atoms with Crippen LogP contribution < -0.4 is 5.32 Å². The highest BCUT2D eigenvalue weighted by Crippen LogP contribution is 2.26. The van der Waals surface area contributed by atoms with E-state index in [1.54, 1.807) is 17.0 Å². The van der Waals surface area contributed by atoms with Crippen LogP contribution in [0, 0.1) is 10.1 Å². The Kier molecular flexibility index (Phi) is 4.39. The van der Waals surface area contributed by atoms with Crippen LogP contribution in [0.15, 0.2) is 23.1 Å². The number of rotatable bonds is 3. The molecule has 1 heterocycles. The quantitative estimate of drug-likeness (QED) is 0.514. The molecular formula is C12H15N3O3S. The van der Waals surface area contributed by atoms with Crippen molar-refractivity contribution in [2.75, 3.05) is 32.4 Å². The highest BCUT2D eigenvalue weighted by atomic mass is 32.2. The highest BCUT2D eigenvalue weighted by molar-refractivity contribution is 7.98. The Balaban J connectivity index is 2.34. The third kappa shape index (κ3) is 3.05. The normalized spacial score (nSPS) is 15.3. The second-order valence-electron chi connectivity index (χ2n) is 4.18. The average molecular weight is 281 g/mol. The van der Waals surface area contributed by atoms with Gasteiger partial charge in [0.25, 0.3) is 11.6 Å². The van der Waals surface area contributed by atoms with E-state index in [9.17, 15) is 14.9 Å². The molecule has 1 saturated heterocycles. The number of nitrogens with one attached hydrogen (secondary N) is 1. The second kappa shape index (κ2) is 6.03. The maximum absolute atomic E-state index is 12.4. The van der Waals surface area contributed by atoms with Crippen LogP contribution in [0.5, 0.6) is 0 Å². The molecule has 6 nitrogen and oxygen atoms in total. The van der Waals surface area contributed by atoms with Crippen molar-refractivity contribution in [3.8, 4) is 0 Å². The van der Waals surface area contributed by atoms with Gasteiger partial charge in [-0.1, -0.05) is 0 Å². The Morgan fingerprint density at radius 1 is 1.42 bits per heavy atom. The minimum atomic E-state index is -0.500. The Hall–Kier alpha value is -1.60. The zero-order valence-corrected chi connectivity index (χ0v) is 11.4. The van der Waals surface area contributed by atoms with Crippen molar-refractivity contribution < 1.29 is 9.72 Å². The van der Waals surface area contributed by atoms with E-state index in [0.717, 1.165) is 18.0 Å². The van der Waals surface area contributed by atoms with E-state index >= 15 is 0 Å². The molecule has 7 heteroatoms. The van der Waals surface area contributed by atoms with Gasteiger partial charge in [-0.15, -0.1) is 11.8 Å². The first-order chi connectivity index (χ1) is 9.13. The number of nitrogens with zero attached hydrogens (tertiary/aromatic N) is 2. The van der Waals surface area contributed by atoms with Gasteiger partial charge in [0.2, 0.25) is 0 Å². The summed E-state index contributed by atoms with van der Waals surface area (Å²) in [5, 5.41) is 14.2. The SMILES string of the molecule is CSc1ccc([N+](=O)[O-])c(C(=O)N2CCNCC2)c1. The van der Waals surface area contributed by atoms with E-state index in [1.807, 2.05) is 6.26 Å². The average Bonchev–Trinajstić information content (AvgIpc) is 2.46. The first-order valence-corrected chi connectivity index (χ1v) is 7.18. The van der Waals surface area contributed by atoms with Crippen LogP contribution in [0.3, 0.4) is 0 Å². The van der Waals surface area contributed by atoms with E-state index in [2.05, 4.69) is 5.32 Å². The minimum absolute atomic E-state index is 0.124. The Morgan fingerprint density at radius 2 is 2.11 bits per heavy atom. The van der Waals surface area contributed by atoms with Gasteiger partial charge in [-0.3, -0.25) is 14.9 Å². The molecule has 0 saturated carbocycles. The van der Waals surface area contributed by atoms with Crippen molar-refractivity contribution in [2.45, 2.75) is 4.90 Å². The molecule has 0 unspecified atom stereocenters. The van der Waals surface area contributed by atoms with Crippen molar-refractivity contribution in [3.63, 3.8) is 0 Å². The lowest BCUT2D eigenvalue weighted by molar-refractivity contribution is -0.385. The highest BCUT2D eigenvalue weighted by Gasteiger charge is 2.25. The molecular weight excluding hydrogens is 266 g/mol. The minimum Gasteiger partial charge on any atom is -0.336 e. The lowest BCUT2D eigenvalue weighted by Crippen LogP contribution is -2.46. The molecule has 1 aliphatic heterocycles. The maximum atomic E-state index is 12.4. The molecule has 102 valence electrons. The van der Waals surface area contributed by atoms with E-state index in [0.29, 0.717) is 13.1 Å². The number of nitro benzene ring substituents is 1. The van der Waals surface area contributed by atoms with Gasteiger partial charge < -0.3 is 10.2 Å². The molecule has 0 aromatic heterocycles. The molecule has 0 bridgehead atoms. The maximum Gasteiger partial charge on any atom is 0.282 e. The molecule has 0 radical (unpaired) electrons. The molecule has 19 heavy (non-hydrogen) atoms. The summed E-state index contributed by atoms with van der Waals surface area (Å²) >= 11 is 1.46. The van der Waals surface area contributed by atoms with Gasteiger partial charge in [0.15, 0.2) is 0 Å². The van der Waals surface area contributed by atoms with Gasteiger partial charge in [-0.25, -0.2) is 0 Å². The first-order valence-electron chi connectivity index (χ1n) is 5.96. The van der Waals surface area contributed by atoms with Crippen LogP contribution >= 0.6 is 11.8 Å². The van der Waals surface area contributed by atoms with Crippen molar-refractivity contribution >= 4 is 23.4 Å². The summed E-state index contributed by atoms with van der Waals surface area (Å²) < 4.78 is 0. The predicted octanol–water partition coefficient (Wildman–Crippen LogP) is 1.36. The van der Waals surface area contributed by atoms with Gasteiger partial charge in [0.05, 0.1) is 4.92 Å². The fourth-order valence-electron chi connectivity index (χ4n) is 2.01. The van der Waals surface area contributed by atoms with Crippen LogP contribution in [-0.4, -0.2) is 48.2 Å². The number of carbonyl (C=O) groups excluding carboxylic acids is 1. The molecule has 1 aromatic carbocycles. The molecule has 0 spiro atoms. The number of thioether (sulfide) groups is 1. The summed E-state index contributed by atoms with van der Waals surface area (Å²) in [5.74, 6) is -0.260. The Labute approximate surface area is 115 Å². The summed E-state index contributed by atoms with van der Waals surface area (Å²) in [5.41, 5.74) is 0.0556. The molecule has 1 N–H and O–H groups in total. The van der Waals surface area contributed by atoms with E-state index in [4.69, 9.17) is 0 Å². The fraction of sp³-hybridized carbons (Fsp3) is 0.417. The largest absolute Gasteiger partial charge is 0.336 e. The number of hydrogen-bond donors (Lipinski definition) is 1. The van der Waals surface area contributed by atoms with Crippen molar-refractivity contribution in [1.29, 1.82) is 0 Å². The molecule has 1 amide bonds. The lowest BCUT2D eigenvalue weighted by Gasteiger charge is -2.27. The van der Waals surface area contributed by atoms with Crippen LogP contribution in [0.1, 0.15) is 10.4 Å². The number of piperazine rings is 1. The standard InChI is InChI=1S/C12H15N3O3S/c1-19-9-2-3-11(15(17)18)10(8-9)12(16)14-6-4-13-5-7-14/h2-3,8,13H,4-7H2,1H3. The summed E-state index contributed by atoms with van der Waals surface area (Å²) in [6, 6.07) is 4.67. The first kappa shape index (κ1) is 13.8. The summed E-state index contributed by atoms with van der Waals surface area (Å²) in [4.78, 5) is 25.4. The van der Waals surface area contributed by atoms with Crippen molar-refractivity contribution in [2.24, 2.45) is 0 Å². The van der Waals surface area contributed by atoms with Gasteiger partial charge in [-0.2, -0.15) is 0 Å². The lowest BCUT2D eigenvalue weighted by atomic mass is 10.1. The number of nitro groups is 1. The smallest absolute Gasteiger partial charge is 0.282 e. The molecule has 0 aliphatic carbocycles. The predicted molar refractivity (Wildman–Crippen MR) is 73.7 cm³/mol.